The Morgan fingerprint density at radius 3 is 2.24 bits per heavy atom. The molecule has 112 valence electrons. The van der Waals surface area contributed by atoms with Gasteiger partial charge in [0.15, 0.2) is 0 Å². The SMILES string of the molecule is COc1ccc(CC(C)Nc2c(Cl)cc(Br)cc2Cl)cc1. The van der Waals surface area contributed by atoms with Crippen molar-refractivity contribution in [3.8, 4) is 5.75 Å². The van der Waals surface area contributed by atoms with E-state index in [0.717, 1.165) is 22.3 Å². The molecule has 0 heterocycles. The van der Waals surface area contributed by atoms with Gasteiger partial charge in [0.2, 0.25) is 0 Å². The van der Waals surface area contributed by atoms with E-state index in [1.165, 1.54) is 5.56 Å². The van der Waals surface area contributed by atoms with Gasteiger partial charge in [-0.25, -0.2) is 0 Å². The van der Waals surface area contributed by atoms with Gasteiger partial charge in [-0.2, -0.15) is 0 Å². The summed E-state index contributed by atoms with van der Waals surface area (Å²) in [6, 6.07) is 11.9. The van der Waals surface area contributed by atoms with Crippen LogP contribution in [0.2, 0.25) is 10.0 Å². The predicted molar refractivity (Wildman–Crippen MR) is 93.9 cm³/mol. The number of nitrogens with one attached hydrogen (secondary N) is 1. The molecule has 2 aromatic carbocycles. The summed E-state index contributed by atoms with van der Waals surface area (Å²) < 4.78 is 6.02. The molecule has 0 aromatic heterocycles. The van der Waals surface area contributed by atoms with Crippen LogP contribution in [0.4, 0.5) is 5.69 Å². The monoisotopic (exact) mass is 387 g/mol. The number of rotatable bonds is 5. The van der Waals surface area contributed by atoms with E-state index >= 15 is 0 Å². The molecule has 0 aliphatic heterocycles. The Balaban J connectivity index is 2.06. The van der Waals surface area contributed by atoms with Crippen LogP contribution in [0.3, 0.4) is 0 Å². The molecule has 0 spiro atoms. The van der Waals surface area contributed by atoms with Crippen LogP contribution in [-0.2, 0) is 6.42 Å². The highest BCUT2D eigenvalue weighted by molar-refractivity contribution is 9.10. The van der Waals surface area contributed by atoms with Gasteiger partial charge in [0.05, 0.1) is 22.8 Å². The lowest BCUT2D eigenvalue weighted by molar-refractivity contribution is 0.414. The van der Waals surface area contributed by atoms with Crippen LogP contribution in [0.5, 0.6) is 5.75 Å². The molecule has 0 amide bonds. The molecule has 1 unspecified atom stereocenters. The van der Waals surface area contributed by atoms with Crippen molar-refractivity contribution >= 4 is 44.8 Å². The quantitative estimate of drug-likeness (QED) is 0.697. The third kappa shape index (κ3) is 4.53. The molecular weight excluding hydrogens is 373 g/mol. The van der Waals surface area contributed by atoms with Gasteiger partial charge < -0.3 is 10.1 Å². The maximum Gasteiger partial charge on any atom is 0.118 e. The molecule has 0 aliphatic rings. The minimum absolute atomic E-state index is 0.203. The highest BCUT2D eigenvalue weighted by Gasteiger charge is 2.11. The van der Waals surface area contributed by atoms with Crippen LogP contribution in [0.25, 0.3) is 0 Å². The second kappa shape index (κ2) is 7.39. The van der Waals surface area contributed by atoms with Crippen molar-refractivity contribution in [3.63, 3.8) is 0 Å². The van der Waals surface area contributed by atoms with Crippen molar-refractivity contribution in [3.05, 3.63) is 56.5 Å². The highest BCUT2D eigenvalue weighted by atomic mass is 79.9. The molecule has 1 atom stereocenters. The molecule has 1 N–H and O–H groups in total. The molecule has 2 aromatic rings. The minimum Gasteiger partial charge on any atom is -0.497 e. The van der Waals surface area contributed by atoms with Crippen LogP contribution >= 0.6 is 39.1 Å². The van der Waals surface area contributed by atoms with Crippen molar-refractivity contribution in [2.75, 3.05) is 12.4 Å². The summed E-state index contributed by atoms with van der Waals surface area (Å²) in [6.07, 6.45) is 0.868. The first-order valence-electron chi connectivity index (χ1n) is 6.53. The molecule has 0 aliphatic carbocycles. The van der Waals surface area contributed by atoms with Gasteiger partial charge in [-0.05, 0) is 43.2 Å². The smallest absolute Gasteiger partial charge is 0.118 e. The third-order valence-corrected chi connectivity index (χ3v) is 4.15. The lowest BCUT2D eigenvalue weighted by Crippen LogP contribution is -2.18. The zero-order valence-corrected chi connectivity index (χ0v) is 14.9. The Bertz CT molecular complexity index is 593. The van der Waals surface area contributed by atoms with Crippen LogP contribution < -0.4 is 10.1 Å². The topological polar surface area (TPSA) is 21.3 Å². The van der Waals surface area contributed by atoms with Crippen molar-refractivity contribution in [2.45, 2.75) is 19.4 Å². The highest BCUT2D eigenvalue weighted by Crippen LogP contribution is 2.34. The Morgan fingerprint density at radius 2 is 1.71 bits per heavy atom. The third-order valence-electron chi connectivity index (χ3n) is 3.10. The average molecular weight is 389 g/mol. The first-order valence-corrected chi connectivity index (χ1v) is 8.08. The number of anilines is 1. The summed E-state index contributed by atoms with van der Waals surface area (Å²) in [5.41, 5.74) is 1.99. The summed E-state index contributed by atoms with van der Waals surface area (Å²) in [5, 5.41) is 4.58. The van der Waals surface area contributed by atoms with Crippen molar-refractivity contribution in [2.24, 2.45) is 0 Å². The molecule has 0 radical (unpaired) electrons. The van der Waals surface area contributed by atoms with Gasteiger partial charge in [0.1, 0.15) is 5.75 Å². The lowest BCUT2D eigenvalue weighted by Gasteiger charge is -2.18. The fourth-order valence-corrected chi connectivity index (χ4v) is 3.41. The number of ether oxygens (including phenoxy) is 1. The molecule has 2 nitrogen and oxygen atoms in total. The standard InChI is InChI=1S/C16H16BrCl2NO/c1-10(7-11-3-5-13(21-2)6-4-11)20-16-14(18)8-12(17)9-15(16)19/h3-6,8-10,20H,7H2,1-2H3. The van der Waals surface area contributed by atoms with Gasteiger partial charge in [0, 0.05) is 10.5 Å². The molecule has 5 heteroatoms. The summed E-state index contributed by atoms with van der Waals surface area (Å²) in [7, 11) is 1.66. The molecular formula is C16H16BrCl2NO. The largest absolute Gasteiger partial charge is 0.497 e. The zero-order valence-electron chi connectivity index (χ0n) is 11.8. The Morgan fingerprint density at radius 1 is 1.14 bits per heavy atom. The fraction of sp³-hybridized carbons (Fsp3) is 0.250. The van der Waals surface area contributed by atoms with E-state index in [1.807, 2.05) is 24.3 Å². The van der Waals surface area contributed by atoms with Crippen LogP contribution in [0.1, 0.15) is 12.5 Å². The molecule has 0 fully saturated rings. The number of halogens is 3. The Kier molecular flexibility index (Phi) is 5.80. The van der Waals surface area contributed by atoms with E-state index in [-0.39, 0.29) is 6.04 Å². The first-order chi connectivity index (χ1) is 9.99. The van der Waals surface area contributed by atoms with E-state index in [2.05, 4.69) is 40.3 Å². The normalized spacial score (nSPS) is 12.0. The second-order valence-electron chi connectivity index (χ2n) is 4.84. The Hall–Kier alpha value is -0.900. The van der Waals surface area contributed by atoms with E-state index in [1.54, 1.807) is 7.11 Å². The van der Waals surface area contributed by atoms with Gasteiger partial charge in [0.25, 0.3) is 0 Å². The molecule has 21 heavy (non-hydrogen) atoms. The molecule has 0 saturated heterocycles. The summed E-state index contributed by atoms with van der Waals surface area (Å²) in [6.45, 7) is 2.10. The van der Waals surface area contributed by atoms with E-state index in [9.17, 15) is 0 Å². The Labute approximate surface area is 143 Å². The molecule has 2 rings (SSSR count). The number of hydrogen-bond acceptors (Lipinski definition) is 2. The maximum atomic E-state index is 6.23. The second-order valence-corrected chi connectivity index (χ2v) is 6.57. The van der Waals surface area contributed by atoms with Crippen molar-refractivity contribution < 1.29 is 4.74 Å². The van der Waals surface area contributed by atoms with E-state index < -0.39 is 0 Å². The lowest BCUT2D eigenvalue weighted by atomic mass is 10.1. The van der Waals surface area contributed by atoms with Crippen LogP contribution in [-0.4, -0.2) is 13.2 Å². The van der Waals surface area contributed by atoms with Gasteiger partial charge in [-0.15, -0.1) is 0 Å². The van der Waals surface area contributed by atoms with E-state index in [0.29, 0.717) is 10.0 Å². The van der Waals surface area contributed by atoms with E-state index in [4.69, 9.17) is 27.9 Å². The zero-order chi connectivity index (χ0) is 15.4. The summed E-state index contributed by atoms with van der Waals surface area (Å²) in [4.78, 5) is 0. The number of benzene rings is 2. The molecule has 0 bridgehead atoms. The van der Waals surface area contributed by atoms with Crippen LogP contribution in [0, 0.1) is 0 Å². The number of methoxy groups -OCH3 is 1. The minimum atomic E-state index is 0.203. The first kappa shape index (κ1) is 16.5. The summed E-state index contributed by atoms with van der Waals surface area (Å²) >= 11 is 15.8. The maximum absolute atomic E-state index is 6.23. The van der Waals surface area contributed by atoms with Gasteiger partial charge in [-0.3, -0.25) is 0 Å². The average Bonchev–Trinajstić information content (AvgIpc) is 2.43. The fourth-order valence-electron chi connectivity index (χ4n) is 2.09. The van der Waals surface area contributed by atoms with Crippen molar-refractivity contribution in [1.82, 2.24) is 0 Å². The van der Waals surface area contributed by atoms with Crippen molar-refractivity contribution in [1.29, 1.82) is 0 Å². The van der Waals surface area contributed by atoms with Gasteiger partial charge in [-0.1, -0.05) is 51.3 Å². The number of hydrogen-bond donors (Lipinski definition) is 1. The molecule has 0 saturated carbocycles. The summed E-state index contributed by atoms with van der Waals surface area (Å²) in [5.74, 6) is 0.860. The van der Waals surface area contributed by atoms with Gasteiger partial charge >= 0.3 is 0 Å². The predicted octanol–water partition coefficient (Wildman–Crippen LogP) is 5.81. The van der Waals surface area contributed by atoms with Crippen LogP contribution in [0.15, 0.2) is 40.9 Å².